The van der Waals surface area contributed by atoms with E-state index in [4.69, 9.17) is 0 Å². The molecule has 0 heterocycles. The number of carbonyl (C=O) groups excluding carboxylic acids is 1. The van der Waals surface area contributed by atoms with Crippen LogP contribution in [0.3, 0.4) is 0 Å². The molecule has 1 saturated carbocycles. The molecule has 0 bridgehead atoms. The summed E-state index contributed by atoms with van der Waals surface area (Å²) in [5, 5.41) is 12.0. The number of nitrogens with zero attached hydrogens (tertiary/aromatic N) is 1. The maximum atomic E-state index is 12.6. The maximum Gasteiger partial charge on any atom is 0.264 e. The molecule has 1 aromatic rings. The first-order valence-corrected chi connectivity index (χ1v) is 10.5. The van der Waals surface area contributed by atoms with E-state index >= 15 is 0 Å². The Morgan fingerprint density at radius 2 is 1.92 bits per heavy atom. The Bertz CT molecular complexity index is 754. The summed E-state index contributed by atoms with van der Waals surface area (Å²) in [5.41, 5.74) is 1.34. The van der Waals surface area contributed by atoms with Gasteiger partial charge in [0.15, 0.2) is 0 Å². The van der Waals surface area contributed by atoms with Crippen molar-refractivity contribution in [2.24, 2.45) is 5.92 Å². The van der Waals surface area contributed by atoms with E-state index in [9.17, 15) is 10.0 Å². The van der Waals surface area contributed by atoms with Gasteiger partial charge >= 0.3 is 0 Å². The highest BCUT2D eigenvalue weighted by atomic mass is 32.2. The molecule has 1 aromatic carbocycles. The third kappa shape index (κ3) is 4.16. The number of rotatable bonds is 7. The summed E-state index contributed by atoms with van der Waals surface area (Å²) in [5.74, 6) is 0.310. The van der Waals surface area contributed by atoms with Crippen molar-refractivity contribution in [3.8, 4) is 0 Å². The van der Waals surface area contributed by atoms with Crippen LogP contribution in [0.2, 0.25) is 0 Å². The topological polar surface area (TPSA) is 52.6 Å². The number of amides is 1. The summed E-state index contributed by atoms with van der Waals surface area (Å²) in [7, 11) is 0. The van der Waals surface area contributed by atoms with Gasteiger partial charge in [-0.3, -0.25) is 10.0 Å². The van der Waals surface area contributed by atoms with E-state index in [1.165, 1.54) is 10.4 Å². The second-order valence-corrected chi connectivity index (χ2v) is 8.93. The lowest BCUT2D eigenvalue weighted by Gasteiger charge is -2.38. The number of hydroxylamine groups is 1. The van der Waals surface area contributed by atoms with Crippen LogP contribution in [-0.4, -0.2) is 27.5 Å². The normalized spacial score (nSPS) is 18.3. The molecule has 26 heavy (non-hydrogen) atoms. The number of fused-ring (bicyclic) bond motifs is 1. The van der Waals surface area contributed by atoms with Crippen LogP contribution in [0.5, 0.6) is 0 Å². The molecule has 3 rings (SSSR count). The SMILES string of the molecule is CC(C)CCN(Sc1ccc2c(c1)=CCCC=2)C1(C(=O)NO)CCCC1. The van der Waals surface area contributed by atoms with Gasteiger partial charge in [0, 0.05) is 11.4 Å². The van der Waals surface area contributed by atoms with Gasteiger partial charge in [0.1, 0.15) is 5.54 Å². The van der Waals surface area contributed by atoms with Crippen molar-refractivity contribution in [1.29, 1.82) is 0 Å². The lowest BCUT2D eigenvalue weighted by atomic mass is 9.96. The monoisotopic (exact) mass is 374 g/mol. The van der Waals surface area contributed by atoms with Crippen LogP contribution in [0.15, 0.2) is 23.1 Å². The molecule has 0 radical (unpaired) electrons. The zero-order chi connectivity index (χ0) is 18.6. The maximum absolute atomic E-state index is 12.6. The van der Waals surface area contributed by atoms with E-state index in [0.29, 0.717) is 5.92 Å². The summed E-state index contributed by atoms with van der Waals surface area (Å²) in [6, 6.07) is 6.57. The Labute approximate surface area is 160 Å². The molecule has 142 valence electrons. The number of nitrogens with one attached hydrogen (secondary N) is 1. The van der Waals surface area contributed by atoms with Crippen molar-refractivity contribution in [2.75, 3.05) is 6.54 Å². The summed E-state index contributed by atoms with van der Waals surface area (Å²) in [6.45, 7) is 5.25. The molecular weight excluding hydrogens is 344 g/mol. The van der Waals surface area contributed by atoms with E-state index in [-0.39, 0.29) is 5.91 Å². The van der Waals surface area contributed by atoms with E-state index in [1.807, 2.05) is 5.48 Å². The van der Waals surface area contributed by atoms with Crippen LogP contribution in [-0.2, 0) is 4.79 Å². The lowest BCUT2D eigenvalue weighted by molar-refractivity contribution is -0.139. The van der Waals surface area contributed by atoms with Gasteiger partial charge in [-0.25, -0.2) is 9.79 Å². The number of benzene rings is 1. The van der Waals surface area contributed by atoms with Gasteiger partial charge < -0.3 is 0 Å². The van der Waals surface area contributed by atoms with Gasteiger partial charge in [-0.15, -0.1) is 0 Å². The van der Waals surface area contributed by atoms with Crippen molar-refractivity contribution in [3.05, 3.63) is 28.6 Å². The number of hydrogen-bond acceptors (Lipinski definition) is 4. The third-order valence-electron chi connectivity index (χ3n) is 5.51. The van der Waals surface area contributed by atoms with Crippen LogP contribution >= 0.6 is 11.9 Å². The van der Waals surface area contributed by atoms with E-state index in [1.54, 1.807) is 11.9 Å². The highest BCUT2D eigenvalue weighted by Crippen LogP contribution is 2.41. The van der Waals surface area contributed by atoms with Crippen LogP contribution in [0.1, 0.15) is 58.8 Å². The average Bonchev–Trinajstić information content (AvgIpc) is 3.15. The van der Waals surface area contributed by atoms with Crippen molar-refractivity contribution in [1.82, 2.24) is 9.79 Å². The molecule has 5 heteroatoms. The van der Waals surface area contributed by atoms with Crippen LogP contribution < -0.4 is 15.9 Å². The molecule has 0 atom stereocenters. The van der Waals surface area contributed by atoms with E-state index in [0.717, 1.165) is 56.4 Å². The fraction of sp³-hybridized carbons (Fsp3) is 0.571. The molecule has 2 N–H and O–H groups in total. The Balaban J connectivity index is 1.90. The largest absolute Gasteiger partial charge is 0.289 e. The molecule has 0 aromatic heterocycles. The number of hydrogen-bond donors (Lipinski definition) is 2. The predicted molar refractivity (Wildman–Crippen MR) is 107 cm³/mol. The Kier molecular flexibility index (Phi) is 6.43. The predicted octanol–water partition coefficient (Wildman–Crippen LogP) is 3.21. The molecule has 0 saturated heterocycles. The van der Waals surface area contributed by atoms with Crippen molar-refractivity contribution in [2.45, 2.75) is 69.2 Å². The van der Waals surface area contributed by atoms with E-state index < -0.39 is 5.54 Å². The molecule has 1 fully saturated rings. The minimum absolute atomic E-state index is 0.260. The second-order valence-electron chi connectivity index (χ2n) is 7.83. The smallest absolute Gasteiger partial charge is 0.264 e. The minimum atomic E-state index is -0.611. The highest BCUT2D eigenvalue weighted by Gasteiger charge is 2.46. The molecule has 0 unspecified atom stereocenters. The first-order chi connectivity index (χ1) is 12.5. The molecule has 1 amide bonds. The molecule has 4 nitrogen and oxygen atoms in total. The summed E-state index contributed by atoms with van der Waals surface area (Å²) >= 11 is 1.67. The summed E-state index contributed by atoms with van der Waals surface area (Å²) < 4.78 is 2.24. The van der Waals surface area contributed by atoms with Gasteiger partial charge in [0.25, 0.3) is 5.91 Å². The quantitative estimate of drug-likeness (QED) is 0.437. The van der Waals surface area contributed by atoms with Crippen LogP contribution in [0, 0.1) is 5.92 Å². The van der Waals surface area contributed by atoms with E-state index in [2.05, 4.69) is 48.5 Å². The standard InChI is InChI=1S/C21H30N2O2S/c1-16(2)11-14-23(21(20(24)22-25)12-5-6-13-21)26-19-10-9-17-7-3-4-8-18(17)15-19/h7-10,15-16,25H,3-6,11-14H2,1-2H3,(H,22,24). The van der Waals surface area contributed by atoms with Crippen LogP contribution in [0.4, 0.5) is 0 Å². The first kappa shape index (κ1) is 19.5. The van der Waals surface area contributed by atoms with Gasteiger partial charge in [-0.2, -0.15) is 0 Å². The zero-order valence-corrected chi connectivity index (χ0v) is 16.6. The van der Waals surface area contributed by atoms with Crippen molar-refractivity contribution < 1.29 is 10.0 Å². The molecule has 2 aliphatic carbocycles. The number of carbonyl (C=O) groups is 1. The molecule has 0 spiro atoms. The Morgan fingerprint density at radius 1 is 1.23 bits per heavy atom. The Morgan fingerprint density at radius 3 is 2.58 bits per heavy atom. The molecule has 0 aliphatic heterocycles. The lowest BCUT2D eigenvalue weighted by Crippen LogP contribution is -2.54. The fourth-order valence-electron chi connectivity index (χ4n) is 3.95. The fourth-order valence-corrected chi connectivity index (χ4v) is 5.15. The second kappa shape index (κ2) is 8.59. The zero-order valence-electron chi connectivity index (χ0n) is 15.8. The van der Waals surface area contributed by atoms with Gasteiger partial charge in [0.2, 0.25) is 0 Å². The Hall–Kier alpha value is -1.30. The van der Waals surface area contributed by atoms with Gasteiger partial charge in [-0.05, 0) is 72.5 Å². The van der Waals surface area contributed by atoms with Gasteiger partial charge in [0.05, 0.1) is 0 Å². The summed E-state index contributed by atoms with van der Waals surface area (Å²) in [4.78, 5) is 13.8. The van der Waals surface area contributed by atoms with Crippen LogP contribution in [0.25, 0.3) is 12.2 Å². The first-order valence-electron chi connectivity index (χ1n) is 9.76. The van der Waals surface area contributed by atoms with Crippen molar-refractivity contribution in [3.63, 3.8) is 0 Å². The average molecular weight is 375 g/mol. The van der Waals surface area contributed by atoms with Crippen molar-refractivity contribution >= 4 is 30.0 Å². The minimum Gasteiger partial charge on any atom is -0.289 e. The molecular formula is C21H30N2O2S. The molecule has 2 aliphatic rings. The highest BCUT2D eigenvalue weighted by molar-refractivity contribution is 7.97. The van der Waals surface area contributed by atoms with Gasteiger partial charge in [-0.1, -0.05) is 44.9 Å². The summed E-state index contributed by atoms with van der Waals surface area (Å²) in [6.07, 6.45) is 11.5. The third-order valence-corrected chi connectivity index (χ3v) is 6.73.